The van der Waals surface area contributed by atoms with Gasteiger partial charge in [0.25, 0.3) is 0 Å². The summed E-state index contributed by atoms with van der Waals surface area (Å²) in [6, 6.07) is 0.813. The van der Waals surface area contributed by atoms with Gasteiger partial charge in [-0.05, 0) is 44.1 Å². The van der Waals surface area contributed by atoms with Gasteiger partial charge in [-0.2, -0.15) is 5.10 Å². The predicted octanol–water partition coefficient (Wildman–Crippen LogP) is 1.52. The van der Waals surface area contributed by atoms with Gasteiger partial charge >= 0.3 is 0 Å². The van der Waals surface area contributed by atoms with Crippen LogP contribution in [0.25, 0.3) is 0 Å². The van der Waals surface area contributed by atoms with Gasteiger partial charge in [0, 0.05) is 12.5 Å². The predicted molar refractivity (Wildman–Crippen MR) is 61.9 cm³/mol. The zero-order valence-corrected chi connectivity index (χ0v) is 9.65. The lowest BCUT2D eigenvalue weighted by molar-refractivity contribution is 0.351. The van der Waals surface area contributed by atoms with Crippen LogP contribution in [0.15, 0.2) is 6.33 Å². The van der Waals surface area contributed by atoms with Gasteiger partial charge in [0.1, 0.15) is 12.2 Å². The molecule has 0 aromatic carbocycles. The Balaban J connectivity index is 1.35. The third-order valence-electron chi connectivity index (χ3n) is 4.20. The van der Waals surface area contributed by atoms with Gasteiger partial charge in [-0.15, -0.1) is 0 Å². The van der Waals surface area contributed by atoms with E-state index in [1.54, 1.807) is 6.33 Å². The first-order chi connectivity index (χ1) is 7.92. The number of aryl methyl sites for hydroxylation is 1. The van der Waals surface area contributed by atoms with Crippen LogP contribution in [0.5, 0.6) is 0 Å². The quantitative estimate of drug-likeness (QED) is 0.740. The van der Waals surface area contributed by atoms with Crippen molar-refractivity contribution >= 4 is 0 Å². The van der Waals surface area contributed by atoms with E-state index in [0.717, 1.165) is 43.1 Å². The van der Waals surface area contributed by atoms with E-state index in [-0.39, 0.29) is 0 Å². The van der Waals surface area contributed by atoms with Crippen molar-refractivity contribution < 1.29 is 0 Å². The molecule has 2 saturated carbocycles. The Hall–Kier alpha value is -0.900. The minimum absolute atomic E-state index is 0.813. The number of H-pyrrole nitrogens is 1. The lowest BCUT2D eigenvalue weighted by Gasteiger charge is -2.22. The Morgan fingerprint density at radius 3 is 3.06 bits per heavy atom. The fraction of sp³-hybridized carbons (Fsp3) is 0.833. The number of aromatic nitrogens is 3. The van der Waals surface area contributed by atoms with Gasteiger partial charge in [0.2, 0.25) is 0 Å². The molecule has 2 fully saturated rings. The van der Waals surface area contributed by atoms with E-state index in [1.807, 2.05) is 0 Å². The Labute approximate surface area is 96.2 Å². The highest BCUT2D eigenvalue weighted by atomic mass is 15.2. The molecule has 2 N–H and O–H groups in total. The largest absolute Gasteiger partial charge is 0.314 e. The molecule has 3 unspecified atom stereocenters. The molecule has 0 radical (unpaired) electrons. The minimum atomic E-state index is 0.813. The molecule has 0 spiro atoms. The lowest BCUT2D eigenvalue weighted by atomic mass is 9.95. The lowest BCUT2D eigenvalue weighted by Crippen LogP contribution is -2.34. The maximum atomic E-state index is 4.13. The Kier molecular flexibility index (Phi) is 2.91. The van der Waals surface area contributed by atoms with E-state index in [0.29, 0.717) is 0 Å². The van der Waals surface area contributed by atoms with E-state index in [2.05, 4.69) is 20.5 Å². The highest BCUT2D eigenvalue weighted by Gasteiger charge is 2.38. The van der Waals surface area contributed by atoms with Crippen LogP contribution in [-0.2, 0) is 6.42 Å². The number of fused-ring (bicyclic) bond motifs is 2. The molecule has 4 heteroatoms. The first-order valence-electron chi connectivity index (χ1n) is 6.49. The van der Waals surface area contributed by atoms with Crippen molar-refractivity contribution in [2.75, 3.05) is 6.54 Å². The van der Waals surface area contributed by atoms with Gasteiger partial charge < -0.3 is 5.32 Å². The number of aromatic amines is 1. The molecule has 1 aromatic heterocycles. The van der Waals surface area contributed by atoms with Gasteiger partial charge in [-0.1, -0.05) is 6.42 Å². The Bertz CT molecular complexity index is 322. The fourth-order valence-corrected chi connectivity index (χ4v) is 3.39. The topological polar surface area (TPSA) is 53.6 Å². The molecule has 88 valence electrons. The number of nitrogens with one attached hydrogen (secondary N) is 2. The second-order valence-corrected chi connectivity index (χ2v) is 5.27. The molecule has 0 aliphatic heterocycles. The molecule has 3 atom stereocenters. The molecule has 16 heavy (non-hydrogen) atoms. The van der Waals surface area contributed by atoms with Gasteiger partial charge in [0.15, 0.2) is 0 Å². The summed E-state index contributed by atoms with van der Waals surface area (Å²) >= 11 is 0. The molecule has 4 nitrogen and oxygen atoms in total. The highest BCUT2D eigenvalue weighted by Crippen LogP contribution is 2.44. The summed E-state index contributed by atoms with van der Waals surface area (Å²) in [6.45, 7) is 1.12. The molecule has 2 bridgehead atoms. The van der Waals surface area contributed by atoms with Crippen molar-refractivity contribution in [3.05, 3.63) is 12.2 Å². The number of hydrogen-bond donors (Lipinski definition) is 2. The van der Waals surface area contributed by atoms with Gasteiger partial charge in [-0.3, -0.25) is 5.10 Å². The average molecular weight is 220 g/mol. The third-order valence-corrected chi connectivity index (χ3v) is 4.20. The second-order valence-electron chi connectivity index (χ2n) is 5.27. The zero-order chi connectivity index (χ0) is 10.8. The maximum absolute atomic E-state index is 4.13. The highest BCUT2D eigenvalue weighted by molar-refractivity contribution is 4.94. The van der Waals surface area contributed by atoms with Crippen molar-refractivity contribution in [3.63, 3.8) is 0 Å². The Morgan fingerprint density at radius 1 is 1.38 bits per heavy atom. The van der Waals surface area contributed by atoms with Crippen LogP contribution in [0, 0.1) is 11.8 Å². The van der Waals surface area contributed by atoms with Crippen LogP contribution in [0.1, 0.15) is 37.9 Å². The average Bonchev–Trinajstić information content (AvgIpc) is 3.01. The van der Waals surface area contributed by atoms with Gasteiger partial charge in [-0.25, -0.2) is 4.98 Å². The van der Waals surface area contributed by atoms with Crippen LogP contribution >= 0.6 is 0 Å². The van der Waals surface area contributed by atoms with Crippen molar-refractivity contribution in [3.8, 4) is 0 Å². The third kappa shape index (κ3) is 2.12. The first kappa shape index (κ1) is 10.3. The van der Waals surface area contributed by atoms with Crippen LogP contribution in [-0.4, -0.2) is 27.8 Å². The molecule has 0 amide bonds. The van der Waals surface area contributed by atoms with E-state index in [4.69, 9.17) is 0 Å². The second kappa shape index (κ2) is 4.53. The van der Waals surface area contributed by atoms with Crippen LogP contribution in [0.2, 0.25) is 0 Å². The summed E-state index contributed by atoms with van der Waals surface area (Å²) in [7, 11) is 0. The minimum Gasteiger partial charge on any atom is -0.314 e. The molecular weight excluding hydrogens is 200 g/mol. The monoisotopic (exact) mass is 220 g/mol. The zero-order valence-electron chi connectivity index (χ0n) is 9.65. The van der Waals surface area contributed by atoms with Crippen LogP contribution in [0.4, 0.5) is 0 Å². The van der Waals surface area contributed by atoms with Crippen molar-refractivity contribution in [2.24, 2.45) is 11.8 Å². The summed E-state index contributed by atoms with van der Waals surface area (Å²) < 4.78 is 0. The maximum Gasteiger partial charge on any atom is 0.137 e. The van der Waals surface area contributed by atoms with Gasteiger partial charge in [0.05, 0.1) is 0 Å². The number of hydrogen-bond acceptors (Lipinski definition) is 3. The molecule has 2 aliphatic carbocycles. The normalized spacial score (nSPS) is 32.4. The summed E-state index contributed by atoms with van der Waals surface area (Å²) in [5.41, 5.74) is 0. The first-order valence-corrected chi connectivity index (χ1v) is 6.49. The molecule has 3 rings (SSSR count). The van der Waals surface area contributed by atoms with E-state index < -0.39 is 0 Å². The van der Waals surface area contributed by atoms with Crippen molar-refractivity contribution in [1.82, 2.24) is 20.5 Å². The summed E-state index contributed by atoms with van der Waals surface area (Å²) in [5, 5.41) is 10.5. The molecular formula is C12H20N4. The molecule has 2 aliphatic rings. The summed E-state index contributed by atoms with van der Waals surface area (Å²) in [5.74, 6) is 3.03. The van der Waals surface area contributed by atoms with E-state index in [1.165, 1.54) is 25.7 Å². The van der Waals surface area contributed by atoms with Crippen molar-refractivity contribution in [1.29, 1.82) is 0 Å². The molecule has 1 aromatic rings. The number of nitrogens with zero attached hydrogens (tertiary/aromatic N) is 2. The van der Waals surface area contributed by atoms with E-state index >= 15 is 0 Å². The fourth-order valence-electron chi connectivity index (χ4n) is 3.39. The van der Waals surface area contributed by atoms with E-state index in [9.17, 15) is 0 Å². The molecule has 1 heterocycles. The smallest absolute Gasteiger partial charge is 0.137 e. The summed E-state index contributed by atoms with van der Waals surface area (Å²) in [4.78, 5) is 4.13. The van der Waals surface area contributed by atoms with Crippen LogP contribution < -0.4 is 5.32 Å². The van der Waals surface area contributed by atoms with Crippen LogP contribution in [0.3, 0.4) is 0 Å². The molecule has 0 saturated heterocycles. The SMILES string of the molecule is c1n[nH]c(CCCNC2CC3CCC2C3)n1. The summed E-state index contributed by atoms with van der Waals surface area (Å²) in [6.07, 6.45) is 9.60. The van der Waals surface area contributed by atoms with Crippen molar-refractivity contribution in [2.45, 2.75) is 44.6 Å². The standard InChI is InChI=1S/C12H20N4/c1(2-12-14-8-15-16-12)5-13-11-7-9-3-4-10(11)6-9/h8-11,13H,1-7H2,(H,14,15,16). The Morgan fingerprint density at radius 2 is 2.38 bits per heavy atom. The number of rotatable bonds is 5.